The summed E-state index contributed by atoms with van der Waals surface area (Å²) in [6.07, 6.45) is 5.32. The molecule has 0 bridgehead atoms. The zero-order chi connectivity index (χ0) is 9.61. The quantitative estimate of drug-likeness (QED) is 0.540. The molecule has 0 aliphatic rings. The first-order chi connectivity index (χ1) is 5.58. The summed E-state index contributed by atoms with van der Waals surface area (Å²) in [6, 6.07) is 0.870. The summed E-state index contributed by atoms with van der Waals surface area (Å²) < 4.78 is 1.21. The zero-order valence-corrected chi connectivity index (χ0v) is 9.56. The van der Waals surface area contributed by atoms with Crippen molar-refractivity contribution in [3.05, 3.63) is 0 Å². The van der Waals surface area contributed by atoms with Gasteiger partial charge in [-0.15, -0.1) is 0 Å². The van der Waals surface area contributed by atoms with Crippen LogP contribution in [0, 0.1) is 0 Å². The molecule has 0 fully saturated rings. The Morgan fingerprint density at radius 2 is 1.58 bits per heavy atom. The molecule has 0 saturated carbocycles. The highest BCUT2D eigenvalue weighted by molar-refractivity contribution is 4.54. The van der Waals surface area contributed by atoms with Gasteiger partial charge in [0.25, 0.3) is 0 Å². The maximum atomic E-state index is 2.37. The third-order valence-electron chi connectivity index (χ3n) is 2.88. The predicted octanol–water partition coefficient (Wildman–Crippen LogP) is 3.05. The molecule has 0 aliphatic heterocycles. The Balaban J connectivity index is 4.05. The fraction of sp³-hybridized carbons (Fsp3) is 1.00. The van der Waals surface area contributed by atoms with Crippen LogP contribution in [0.25, 0.3) is 0 Å². The van der Waals surface area contributed by atoms with E-state index in [-0.39, 0.29) is 0 Å². The minimum Gasteiger partial charge on any atom is -0.326 e. The van der Waals surface area contributed by atoms with Gasteiger partial charge in [-0.3, -0.25) is 0 Å². The number of quaternary nitrogens is 1. The molecule has 0 rings (SSSR count). The van der Waals surface area contributed by atoms with Crippen molar-refractivity contribution in [3.63, 3.8) is 0 Å². The lowest BCUT2D eigenvalue weighted by Crippen LogP contribution is -2.48. The molecule has 1 nitrogen and oxygen atoms in total. The standard InChI is InChI=1S/C11H26N/c1-6-9-11(8-3)12(4,5)10-7-2/h11H,6-10H2,1-5H3/q+1. The van der Waals surface area contributed by atoms with E-state index in [2.05, 4.69) is 34.9 Å². The van der Waals surface area contributed by atoms with Gasteiger partial charge in [0.1, 0.15) is 0 Å². The van der Waals surface area contributed by atoms with E-state index in [0.717, 1.165) is 6.04 Å². The van der Waals surface area contributed by atoms with Crippen LogP contribution in [-0.4, -0.2) is 31.2 Å². The fourth-order valence-corrected chi connectivity index (χ4v) is 2.14. The normalized spacial score (nSPS) is 14.8. The summed E-state index contributed by atoms with van der Waals surface area (Å²) in [5.41, 5.74) is 0. The lowest BCUT2D eigenvalue weighted by Gasteiger charge is -2.37. The zero-order valence-electron chi connectivity index (χ0n) is 9.56. The predicted molar refractivity (Wildman–Crippen MR) is 56.3 cm³/mol. The summed E-state index contributed by atoms with van der Waals surface area (Å²) in [7, 11) is 4.74. The van der Waals surface area contributed by atoms with Crippen molar-refractivity contribution in [2.45, 2.75) is 52.5 Å². The van der Waals surface area contributed by atoms with Crippen LogP contribution < -0.4 is 0 Å². The highest BCUT2D eigenvalue weighted by Gasteiger charge is 2.24. The molecule has 0 heterocycles. The summed E-state index contributed by atoms with van der Waals surface area (Å²) in [5, 5.41) is 0. The van der Waals surface area contributed by atoms with Crippen molar-refractivity contribution in [3.8, 4) is 0 Å². The maximum absolute atomic E-state index is 2.37. The van der Waals surface area contributed by atoms with Crippen molar-refractivity contribution in [2.75, 3.05) is 20.6 Å². The van der Waals surface area contributed by atoms with Crippen molar-refractivity contribution in [1.29, 1.82) is 0 Å². The average Bonchev–Trinajstić information content (AvgIpc) is 1.99. The molecule has 0 radical (unpaired) electrons. The average molecular weight is 172 g/mol. The lowest BCUT2D eigenvalue weighted by atomic mass is 10.1. The van der Waals surface area contributed by atoms with Gasteiger partial charge in [-0.2, -0.15) is 0 Å². The topological polar surface area (TPSA) is 0 Å². The molecule has 0 spiro atoms. The van der Waals surface area contributed by atoms with E-state index in [0.29, 0.717) is 0 Å². The van der Waals surface area contributed by atoms with Crippen molar-refractivity contribution in [2.24, 2.45) is 0 Å². The van der Waals surface area contributed by atoms with Crippen molar-refractivity contribution in [1.82, 2.24) is 0 Å². The molecule has 0 aromatic rings. The Labute approximate surface area is 78.4 Å². The van der Waals surface area contributed by atoms with Gasteiger partial charge in [0.15, 0.2) is 0 Å². The smallest absolute Gasteiger partial charge is 0.0883 e. The summed E-state index contributed by atoms with van der Waals surface area (Å²) in [5.74, 6) is 0. The second kappa shape index (κ2) is 5.58. The number of hydrogen-bond acceptors (Lipinski definition) is 0. The molecule has 74 valence electrons. The molecule has 1 heteroatoms. The van der Waals surface area contributed by atoms with E-state index >= 15 is 0 Å². The van der Waals surface area contributed by atoms with Crippen LogP contribution in [0.1, 0.15) is 46.5 Å². The van der Waals surface area contributed by atoms with Crippen LogP contribution in [0.5, 0.6) is 0 Å². The molecule has 1 atom stereocenters. The molecular formula is C11H26N+. The van der Waals surface area contributed by atoms with Crippen LogP contribution in [0.2, 0.25) is 0 Å². The number of hydrogen-bond donors (Lipinski definition) is 0. The second-order valence-corrected chi connectivity index (χ2v) is 4.35. The number of rotatable bonds is 6. The third-order valence-corrected chi connectivity index (χ3v) is 2.88. The molecule has 0 N–H and O–H groups in total. The molecule has 12 heavy (non-hydrogen) atoms. The third kappa shape index (κ3) is 3.57. The summed E-state index contributed by atoms with van der Waals surface area (Å²) >= 11 is 0. The Morgan fingerprint density at radius 3 is 1.92 bits per heavy atom. The molecule has 1 unspecified atom stereocenters. The SMILES string of the molecule is CCCC(CC)[N+](C)(C)CCC. The van der Waals surface area contributed by atoms with Crippen LogP contribution in [0.15, 0.2) is 0 Å². The second-order valence-electron chi connectivity index (χ2n) is 4.35. The van der Waals surface area contributed by atoms with Gasteiger partial charge in [-0.25, -0.2) is 0 Å². The molecule has 0 aromatic carbocycles. The van der Waals surface area contributed by atoms with Gasteiger partial charge >= 0.3 is 0 Å². The van der Waals surface area contributed by atoms with Gasteiger partial charge < -0.3 is 4.48 Å². The Morgan fingerprint density at radius 1 is 1.00 bits per heavy atom. The summed E-state index contributed by atoms with van der Waals surface area (Å²) in [6.45, 7) is 8.20. The molecule has 0 aliphatic carbocycles. The van der Waals surface area contributed by atoms with Gasteiger partial charge in [0.05, 0.1) is 26.7 Å². The first-order valence-corrected chi connectivity index (χ1v) is 5.41. The maximum Gasteiger partial charge on any atom is 0.0883 e. The van der Waals surface area contributed by atoms with Gasteiger partial charge in [0, 0.05) is 0 Å². The lowest BCUT2D eigenvalue weighted by molar-refractivity contribution is -0.915. The van der Waals surface area contributed by atoms with Crippen LogP contribution in [0.4, 0.5) is 0 Å². The Bertz CT molecular complexity index is 108. The van der Waals surface area contributed by atoms with E-state index < -0.39 is 0 Å². The highest BCUT2D eigenvalue weighted by Crippen LogP contribution is 2.16. The Kier molecular flexibility index (Phi) is 5.56. The van der Waals surface area contributed by atoms with Gasteiger partial charge in [0.2, 0.25) is 0 Å². The summed E-state index contributed by atoms with van der Waals surface area (Å²) in [4.78, 5) is 0. The van der Waals surface area contributed by atoms with E-state index in [1.807, 2.05) is 0 Å². The highest BCUT2D eigenvalue weighted by atomic mass is 15.3. The fourth-order valence-electron chi connectivity index (χ4n) is 2.14. The van der Waals surface area contributed by atoms with Crippen LogP contribution in [-0.2, 0) is 0 Å². The van der Waals surface area contributed by atoms with E-state index in [1.165, 1.54) is 36.7 Å². The largest absolute Gasteiger partial charge is 0.326 e. The molecular weight excluding hydrogens is 146 g/mol. The van der Waals surface area contributed by atoms with E-state index in [4.69, 9.17) is 0 Å². The first-order valence-electron chi connectivity index (χ1n) is 5.41. The van der Waals surface area contributed by atoms with Crippen LogP contribution >= 0.6 is 0 Å². The van der Waals surface area contributed by atoms with E-state index in [1.54, 1.807) is 0 Å². The number of nitrogens with zero attached hydrogens (tertiary/aromatic N) is 1. The first kappa shape index (κ1) is 12.0. The minimum absolute atomic E-state index is 0.870. The van der Waals surface area contributed by atoms with Gasteiger partial charge in [-0.05, 0) is 19.3 Å². The van der Waals surface area contributed by atoms with Crippen molar-refractivity contribution < 1.29 is 4.48 Å². The van der Waals surface area contributed by atoms with Crippen molar-refractivity contribution >= 4 is 0 Å². The van der Waals surface area contributed by atoms with Gasteiger partial charge in [-0.1, -0.05) is 27.2 Å². The van der Waals surface area contributed by atoms with Crippen LogP contribution in [0.3, 0.4) is 0 Å². The van der Waals surface area contributed by atoms with E-state index in [9.17, 15) is 0 Å². The molecule has 0 amide bonds. The monoisotopic (exact) mass is 172 g/mol. The molecule has 0 aromatic heterocycles. The minimum atomic E-state index is 0.870. The Hall–Kier alpha value is -0.0400. The molecule has 0 saturated heterocycles.